The number of nitrogens with zero attached hydrogens (tertiary/aromatic N) is 4. The number of nitrogens with one attached hydrogen (secondary N) is 1. The van der Waals surface area contributed by atoms with Gasteiger partial charge in [0.1, 0.15) is 0 Å². The SMILES string of the molecule is Cc1cc(C)n(Cc2ccc(C(=O)NCCCn3cc(Cl)cn3)cc2)n1. The zero-order chi connectivity index (χ0) is 18.5. The minimum atomic E-state index is -0.0684. The summed E-state index contributed by atoms with van der Waals surface area (Å²) in [4.78, 5) is 12.2. The number of rotatable bonds is 7. The van der Waals surface area contributed by atoms with Crippen molar-refractivity contribution in [3.63, 3.8) is 0 Å². The van der Waals surface area contributed by atoms with Crippen molar-refractivity contribution < 1.29 is 4.79 Å². The van der Waals surface area contributed by atoms with Crippen molar-refractivity contribution in [2.45, 2.75) is 33.4 Å². The van der Waals surface area contributed by atoms with Crippen LogP contribution in [0.25, 0.3) is 0 Å². The van der Waals surface area contributed by atoms with Crippen LogP contribution in [-0.4, -0.2) is 32.0 Å². The second-order valence-electron chi connectivity index (χ2n) is 6.31. The number of halogens is 1. The van der Waals surface area contributed by atoms with E-state index in [1.54, 1.807) is 17.1 Å². The smallest absolute Gasteiger partial charge is 0.251 e. The van der Waals surface area contributed by atoms with Gasteiger partial charge in [-0.05, 0) is 44.0 Å². The van der Waals surface area contributed by atoms with Gasteiger partial charge in [-0.15, -0.1) is 0 Å². The maximum Gasteiger partial charge on any atom is 0.251 e. The molecule has 0 aliphatic carbocycles. The van der Waals surface area contributed by atoms with Gasteiger partial charge >= 0.3 is 0 Å². The Morgan fingerprint density at radius 1 is 1.23 bits per heavy atom. The molecule has 1 aromatic carbocycles. The lowest BCUT2D eigenvalue weighted by atomic mass is 10.1. The van der Waals surface area contributed by atoms with Crippen LogP contribution in [0.3, 0.4) is 0 Å². The average Bonchev–Trinajstić information content (AvgIpc) is 3.17. The number of aryl methyl sites for hydroxylation is 3. The maximum atomic E-state index is 12.2. The summed E-state index contributed by atoms with van der Waals surface area (Å²) in [6.07, 6.45) is 4.17. The van der Waals surface area contributed by atoms with E-state index in [9.17, 15) is 4.79 Å². The Kier molecular flexibility index (Phi) is 5.73. The molecule has 0 aliphatic heterocycles. The molecular formula is C19H22ClN5O. The van der Waals surface area contributed by atoms with Crippen molar-refractivity contribution in [2.24, 2.45) is 0 Å². The highest BCUT2D eigenvalue weighted by atomic mass is 35.5. The van der Waals surface area contributed by atoms with Crippen LogP contribution in [0, 0.1) is 13.8 Å². The average molecular weight is 372 g/mol. The predicted molar refractivity (Wildman–Crippen MR) is 101 cm³/mol. The summed E-state index contributed by atoms with van der Waals surface area (Å²) < 4.78 is 3.73. The molecule has 3 rings (SSSR count). The molecule has 2 heterocycles. The molecular weight excluding hydrogens is 350 g/mol. The molecule has 0 fully saturated rings. The van der Waals surface area contributed by atoms with Gasteiger partial charge in [0.05, 0.1) is 23.5 Å². The van der Waals surface area contributed by atoms with Crippen LogP contribution in [0.4, 0.5) is 0 Å². The monoisotopic (exact) mass is 371 g/mol. The highest BCUT2D eigenvalue weighted by Crippen LogP contribution is 2.09. The second kappa shape index (κ2) is 8.19. The molecule has 2 aromatic heterocycles. The predicted octanol–water partition coefficient (Wildman–Crippen LogP) is 3.22. The van der Waals surface area contributed by atoms with Crippen LogP contribution in [0.15, 0.2) is 42.7 Å². The zero-order valence-corrected chi connectivity index (χ0v) is 15.7. The minimum absolute atomic E-state index is 0.0684. The number of carbonyl (C=O) groups excluding carboxylic acids is 1. The maximum absolute atomic E-state index is 12.2. The van der Waals surface area contributed by atoms with E-state index in [0.717, 1.165) is 23.4 Å². The lowest BCUT2D eigenvalue weighted by Crippen LogP contribution is -2.25. The fourth-order valence-electron chi connectivity index (χ4n) is 2.78. The fourth-order valence-corrected chi connectivity index (χ4v) is 2.93. The molecule has 26 heavy (non-hydrogen) atoms. The van der Waals surface area contributed by atoms with Gasteiger partial charge in [0.25, 0.3) is 5.91 Å². The van der Waals surface area contributed by atoms with Gasteiger partial charge in [-0.3, -0.25) is 14.2 Å². The normalized spacial score (nSPS) is 10.9. The molecule has 0 unspecified atom stereocenters. The second-order valence-corrected chi connectivity index (χ2v) is 6.75. The van der Waals surface area contributed by atoms with Gasteiger partial charge < -0.3 is 5.32 Å². The summed E-state index contributed by atoms with van der Waals surface area (Å²) in [6, 6.07) is 9.69. The first-order valence-corrected chi connectivity index (χ1v) is 8.95. The van der Waals surface area contributed by atoms with Crippen molar-refractivity contribution in [2.75, 3.05) is 6.54 Å². The largest absolute Gasteiger partial charge is 0.352 e. The third-order valence-electron chi connectivity index (χ3n) is 4.10. The quantitative estimate of drug-likeness (QED) is 0.648. The Morgan fingerprint density at radius 2 is 2.00 bits per heavy atom. The van der Waals surface area contributed by atoms with Crippen molar-refractivity contribution in [3.8, 4) is 0 Å². The number of amides is 1. The van der Waals surface area contributed by atoms with Crippen LogP contribution in [-0.2, 0) is 13.1 Å². The Balaban J connectivity index is 1.48. The molecule has 0 atom stereocenters. The topological polar surface area (TPSA) is 64.7 Å². The molecule has 7 heteroatoms. The first-order chi connectivity index (χ1) is 12.5. The molecule has 136 valence electrons. The summed E-state index contributed by atoms with van der Waals surface area (Å²) in [5.41, 5.74) is 3.91. The van der Waals surface area contributed by atoms with E-state index in [0.29, 0.717) is 30.2 Å². The summed E-state index contributed by atoms with van der Waals surface area (Å²) >= 11 is 5.82. The summed E-state index contributed by atoms with van der Waals surface area (Å²) in [5, 5.41) is 12.1. The minimum Gasteiger partial charge on any atom is -0.352 e. The zero-order valence-electron chi connectivity index (χ0n) is 14.9. The third kappa shape index (κ3) is 4.73. The first kappa shape index (κ1) is 18.2. The fraction of sp³-hybridized carbons (Fsp3) is 0.316. The Bertz CT molecular complexity index is 882. The molecule has 6 nitrogen and oxygen atoms in total. The van der Waals surface area contributed by atoms with Crippen LogP contribution in [0.1, 0.15) is 33.7 Å². The summed E-state index contributed by atoms with van der Waals surface area (Å²) in [5.74, 6) is -0.0684. The molecule has 0 spiro atoms. The van der Waals surface area contributed by atoms with Gasteiger partial charge in [0.2, 0.25) is 0 Å². The Labute approximate surface area is 157 Å². The molecule has 0 radical (unpaired) electrons. The number of hydrogen-bond donors (Lipinski definition) is 1. The van der Waals surface area contributed by atoms with E-state index in [1.807, 2.05) is 42.8 Å². The van der Waals surface area contributed by atoms with Crippen molar-refractivity contribution >= 4 is 17.5 Å². The summed E-state index contributed by atoms with van der Waals surface area (Å²) in [6.45, 7) is 6.03. The number of hydrogen-bond acceptors (Lipinski definition) is 3. The lowest BCUT2D eigenvalue weighted by Gasteiger charge is -2.08. The van der Waals surface area contributed by atoms with E-state index in [-0.39, 0.29) is 5.91 Å². The van der Waals surface area contributed by atoms with Crippen molar-refractivity contribution in [3.05, 3.63) is 70.3 Å². The molecule has 1 N–H and O–H groups in total. The molecule has 1 amide bonds. The third-order valence-corrected chi connectivity index (χ3v) is 4.30. The molecule has 0 saturated heterocycles. The Hall–Kier alpha value is -2.60. The van der Waals surface area contributed by atoms with E-state index in [2.05, 4.69) is 21.6 Å². The van der Waals surface area contributed by atoms with Gasteiger partial charge in [0.15, 0.2) is 0 Å². The molecule has 3 aromatic rings. The van der Waals surface area contributed by atoms with Crippen molar-refractivity contribution in [1.29, 1.82) is 0 Å². The number of benzene rings is 1. The van der Waals surface area contributed by atoms with E-state index >= 15 is 0 Å². The Morgan fingerprint density at radius 3 is 2.62 bits per heavy atom. The van der Waals surface area contributed by atoms with Crippen LogP contribution >= 0.6 is 11.6 Å². The van der Waals surface area contributed by atoms with Crippen LogP contribution < -0.4 is 5.32 Å². The van der Waals surface area contributed by atoms with Crippen LogP contribution in [0.2, 0.25) is 5.02 Å². The van der Waals surface area contributed by atoms with E-state index in [1.165, 1.54) is 0 Å². The lowest BCUT2D eigenvalue weighted by molar-refractivity contribution is 0.0952. The van der Waals surface area contributed by atoms with Gasteiger partial charge in [-0.1, -0.05) is 23.7 Å². The molecule has 0 saturated carbocycles. The van der Waals surface area contributed by atoms with Crippen LogP contribution in [0.5, 0.6) is 0 Å². The van der Waals surface area contributed by atoms with Crippen molar-refractivity contribution in [1.82, 2.24) is 24.9 Å². The number of carbonyl (C=O) groups is 1. The molecule has 0 bridgehead atoms. The molecule has 0 aliphatic rings. The summed E-state index contributed by atoms with van der Waals surface area (Å²) in [7, 11) is 0. The van der Waals surface area contributed by atoms with E-state index < -0.39 is 0 Å². The number of aromatic nitrogens is 4. The van der Waals surface area contributed by atoms with E-state index in [4.69, 9.17) is 11.6 Å². The van der Waals surface area contributed by atoms with Gasteiger partial charge in [0, 0.05) is 30.5 Å². The standard InChI is InChI=1S/C19H22ClN5O/c1-14-10-15(2)25(23-14)12-16-4-6-17(7-5-16)19(26)21-8-3-9-24-13-18(20)11-22-24/h4-7,10-11,13H,3,8-9,12H2,1-2H3,(H,21,26). The highest BCUT2D eigenvalue weighted by molar-refractivity contribution is 6.30. The van der Waals surface area contributed by atoms with Gasteiger partial charge in [-0.25, -0.2) is 0 Å². The first-order valence-electron chi connectivity index (χ1n) is 8.57. The highest BCUT2D eigenvalue weighted by Gasteiger charge is 2.06. The van der Waals surface area contributed by atoms with Gasteiger partial charge in [-0.2, -0.15) is 10.2 Å².